The smallest absolute Gasteiger partial charge is 0.251 e. The third-order valence-corrected chi connectivity index (χ3v) is 6.52. The minimum Gasteiger partial charge on any atom is -0.508 e. The van der Waals surface area contributed by atoms with Crippen molar-refractivity contribution in [2.75, 3.05) is 6.54 Å². The fourth-order valence-electron chi connectivity index (χ4n) is 4.65. The number of rotatable bonds is 6. The molecule has 0 unspecified atom stereocenters. The second kappa shape index (κ2) is 9.07. The number of aromatic hydroxyl groups is 1. The minimum atomic E-state index is -0.144. The average Bonchev–Trinajstić information content (AvgIpc) is 3.53. The molecule has 6 rings (SSSR count). The molecule has 0 aliphatic heterocycles. The molecule has 1 amide bonds. The maximum Gasteiger partial charge on any atom is 0.251 e. The lowest BCUT2D eigenvalue weighted by Crippen LogP contribution is -2.25. The molecule has 176 valence electrons. The molecule has 3 aromatic heterocycles. The van der Waals surface area contributed by atoms with E-state index in [-0.39, 0.29) is 11.7 Å². The van der Waals surface area contributed by atoms with Crippen LogP contribution in [0.3, 0.4) is 0 Å². The molecule has 6 heteroatoms. The van der Waals surface area contributed by atoms with Gasteiger partial charge in [-0.2, -0.15) is 0 Å². The Hall–Kier alpha value is -4.84. The molecule has 36 heavy (non-hydrogen) atoms. The molecule has 0 saturated carbocycles. The molecule has 6 nitrogen and oxygen atoms in total. The molecule has 0 fully saturated rings. The predicted octanol–water partition coefficient (Wildman–Crippen LogP) is 6.06. The molecule has 0 atom stereocenters. The fourth-order valence-corrected chi connectivity index (χ4v) is 4.65. The summed E-state index contributed by atoms with van der Waals surface area (Å²) in [6.45, 7) is 0.481. The van der Waals surface area contributed by atoms with Crippen molar-refractivity contribution in [3.05, 3.63) is 109 Å². The summed E-state index contributed by atoms with van der Waals surface area (Å²) in [4.78, 5) is 24.0. The summed E-state index contributed by atoms with van der Waals surface area (Å²) in [5.41, 5.74) is 7.60. The molecule has 0 aliphatic carbocycles. The summed E-state index contributed by atoms with van der Waals surface area (Å²) in [6, 6.07) is 25.2. The Kier molecular flexibility index (Phi) is 5.46. The highest BCUT2D eigenvalue weighted by Crippen LogP contribution is 2.31. The summed E-state index contributed by atoms with van der Waals surface area (Å²) in [5, 5.41) is 14.9. The van der Waals surface area contributed by atoms with Crippen LogP contribution in [0.1, 0.15) is 15.9 Å². The van der Waals surface area contributed by atoms with Gasteiger partial charge in [0.25, 0.3) is 5.91 Å². The lowest BCUT2D eigenvalue weighted by Gasteiger charge is -2.08. The Labute approximate surface area is 207 Å². The highest BCUT2D eigenvalue weighted by Gasteiger charge is 2.12. The minimum absolute atomic E-state index is 0.144. The average molecular weight is 473 g/mol. The Morgan fingerprint density at radius 1 is 0.833 bits per heavy atom. The molecule has 0 bridgehead atoms. The fraction of sp³-hybridized carbons (Fsp3) is 0.0667. The number of pyridine rings is 1. The van der Waals surface area contributed by atoms with Crippen LogP contribution in [0, 0.1) is 0 Å². The Morgan fingerprint density at radius 3 is 2.53 bits per heavy atom. The number of nitrogens with one attached hydrogen (secondary N) is 3. The van der Waals surface area contributed by atoms with Crippen LogP contribution in [0.5, 0.6) is 5.75 Å². The van der Waals surface area contributed by atoms with Crippen LogP contribution in [-0.2, 0) is 6.42 Å². The van der Waals surface area contributed by atoms with Gasteiger partial charge in [0.2, 0.25) is 0 Å². The zero-order valence-corrected chi connectivity index (χ0v) is 19.5. The maximum absolute atomic E-state index is 12.9. The van der Waals surface area contributed by atoms with Crippen molar-refractivity contribution in [2.24, 2.45) is 0 Å². The summed E-state index contributed by atoms with van der Waals surface area (Å²) in [7, 11) is 0. The SMILES string of the molecule is O=C(NCCc1c[nH]c2ccc(O)cc12)c1ccnc(-c2ccc3[nH]cc(-c4ccccc4)c3c2)c1. The first kappa shape index (κ1) is 21.7. The number of phenols is 1. The van der Waals surface area contributed by atoms with Crippen molar-refractivity contribution in [2.45, 2.75) is 6.42 Å². The summed E-state index contributed by atoms with van der Waals surface area (Å²) >= 11 is 0. The van der Waals surface area contributed by atoms with Crippen LogP contribution in [-0.4, -0.2) is 32.5 Å². The van der Waals surface area contributed by atoms with Gasteiger partial charge in [-0.15, -0.1) is 0 Å². The van der Waals surface area contributed by atoms with E-state index in [2.05, 4.69) is 38.5 Å². The van der Waals surface area contributed by atoms with Crippen LogP contribution in [0.25, 0.3) is 44.2 Å². The van der Waals surface area contributed by atoms with Gasteiger partial charge in [-0.25, -0.2) is 0 Å². The molecule has 0 saturated heterocycles. The van der Waals surface area contributed by atoms with Gasteiger partial charge in [0.1, 0.15) is 5.75 Å². The van der Waals surface area contributed by atoms with Crippen molar-refractivity contribution in [1.82, 2.24) is 20.3 Å². The van der Waals surface area contributed by atoms with E-state index < -0.39 is 0 Å². The van der Waals surface area contributed by atoms with Crippen LogP contribution in [0.4, 0.5) is 0 Å². The van der Waals surface area contributed by atoms with Crippen LogP contribution < -0.4 is 5.32 Å². The number of carbonyl (C=O) groups excluding carboxylic acids is 1. The highest BCUT2D eigenvalue weighted by molar-refractivity contribution is 5.99. The van der Waals surface area contributed by atoms with E-state index in [9.17, 15) is 9.90 Å². The third kappa shape index (κ3) is 4.09. The first-order chi connectivity index (χ1) is 17.7. The number of fused-ring (bicyclic) bond motifs is 2. The molecule has 6 aromatic rings. The molecule has 0 aliphatic rings. The van der Waals surface area contributed by atoms with E-state index >= 15 is 0 Å². The summed E-state index contributed by atoms with van der Waals surface area (Å²) in [6.07, 6.45) is 6.27. The Bertz CT molecular complexity index is 1700. The number of phenolic OH excluding ortho intramolecular Hbond substituents is 1. The van der Waals surface area contributed by atoms with Crippen molar-refractivity contribution >= 4 is 27.7 Å². The first-order valence-corrected chi connectivity index (χ1v) is 11.9. The van der Waals surface area contributed by atoms with E-state index in [0.717, 1.165) is 49.8 Å². The third-order valence-electron chi connectivity index (χ3n) is 6.52. The normalized spacial score (nSPS) is 11.2. The first-order valence-electron chi connectivity index (χ1n) is 11.9. The zero-order valence-electron chi connectivity index (χ0n) is 19.5. The van der Waals surface area contributed by atoms with Crippen molar-refractivity contribution in [3.8, 4) is 28.1 Å². The molecule has 4 N–H and O–H groups in total. The Morgan fingerprint density at radius 2 is 1.64 bits per heavy atom. The van der Waals surface area contributed by atoms with Gasteiger partial charge in [0.05, 0.1) is 5.69 Å². The monoisotopic (exact) mass is 472 g/mol. The maximum atomic E-state index is 12.9. The Balaban J connectivity index is 1.20. The number of aromatic nitrogens is 3. The second-order valence-corrected chi connectivity index (χ2v) is 8.81. The van der Waals surface area contributed by atoms with E-state index in [4.69, 9.17) is 0 Å². The van der Waals surface area contributed by atoms with Crippen LogP contribution in [0.15, 0.2) is 97.5 Å². The molecule has 0 spiro atoms. The highest BCUT2D eigenvalue weighted by atomic mass is 16.3. The number of benzene rings is 3. The van der Waals surface area contributed by atoms with Gasteiger partial charge >= 0.3 is 0 Å². The number of aromatic amines is 2. The number of amides is 1. The van der Waals surface area contributed by atoms with Gasteiger partial charge in [-0.3, -0.25) is 9.78 Å². The number of H-pyrrole nitrogens is 2. The standard InChI is InChI=1S/C30H24N4O2/c35-23-7-9-27-24(16-23)22(17-33-27)11-13-32-30(36)21-10-12-31-29(15-21)20-6-8-28-25(14-20)26(18-34-28)19-4-2-1-3-5-19/h1-10,12,14-18,33-35H,11,13H2,(H,32,36). The predicted molar refractivity (Wildman–Crippen MR) is 143 cm³/mol. The van der Waals surface area contributed by atoms with Gasteiger partial charge in [0.15, 0.2) is 0 Å². The lowest BCUT2D eigenvalue weighted by atomic mass is 10.0. The lowest BCUT2D eigenvalue weighted by molar-refractivity contribution is 0.0954. The van der Waals surface area contributed by atoms with E-state index in [1.807, 2.05) is 54.9 Å². The van der Waals surface area contributed by atoms with Gasteiger partial charge in [-0.05, 0) is 60.0 Å². The van der Waals surface area contributed by atoms with Crippen LogP contribution in [0.2, 0.25) is 0 Å². The number of hydrogen-bond acceptors (Lipinski definition) is 3. The van der Waals surface area contributed by atoms with Gasteiger partial charge in [-0.1, -0.05) is 36.4 Å². The summed E-state index contributed by atoms with van der Waals surface area (Å²) < 4.78 is 0. The molecule has 3 aromatic carbocycles. The van der Waals surface area contributed by atoms with Crippen molar-refractivity contribution in [3.63, 3.8) is 0 Å². The number of carbonyl (C=O) groups is 1. The van der Waals surface area contributed by atoms with E-state index in [1.165, 1.54) is 0 Å². The molecule has 0 radical (unpaired) electrons. The van der Waals surface area contributed by atoms with Crippen LogP contribution >= 0.6 is 0 Å². The van der Waals surface area contributed by atoms with Crippen molar-refractivity contribution < 1.29 is 9.90 Å². The topological polar surface area (TPSA) is 93.8 Å². The molecular weight excluding hydrogens is 448 g/mol. The number of nitrogens with zero attached hydrogens (tertiary/aromatic N) is 1. The molecular formula is C30H24N4O2. The number of hydrogen-bond donors (Lipinski definition) is 4. The van der Waals surface area contributed by atoms with Crippen molar-refractivity contribution in [1.29, 1.82) is 0 Å². The molecule has 3 heterocycles. The second-order valence-electron chi connectivity index (χ2n) is 8.81. The zero-order chi connectivity index (χ0) is 24.5. The van der Waals surface area contributed by atoms with Gasteiger partial charge < -0.3 is 20.4 Å². The summed E-state index contributed by atoms with van der Waals surface area (Å²) in [5.74, 6) is 0.0828. The van der Waals surface area contributed by atoms with E-state index in [0.29, 0.717) is 18.5 Å². The quantitative estimate of drug-likeness (QED) is 0.237. The van der Waals surface area contributed by atoms with Gasteiger partial charge in [0, 0.05) is 63.6 Å². The largest absolute Gasteiger partial charge is 0.508 e. The van der Waals surface area contributed by atoms with E-state index in [1.54, 1.807) is 24.4 Å².